The van der Waals surface area contributed by atoms with Gasteiger partial charge in [0.25, 0.3) is 5.56 Å². The van der Waals surface area contributed by atoms with Crippen LogP contribution in [0.5, 0.6) is 0 Å². The molecule has 1 N–H and O–H groups in total. The number of H-pyrrole nitrogens is 1. The molecule has 0 fully saturated rings. The van der Waals surface area contributed by atoms with Crippen molar-refractivity contribution in [2.45, 2.75) is 47.3 Å². The molecule has 0 unspecified atom stereocenters. The summed E-state index contributed by atoms with van der Waals surface area (Å²) in [6.07, 6.45) is 3.48. The average molecular weight is 581 g/mol. The number of carbonyl (C=O) groups is 2. The van der Waals surface area contributed by atoms with Gasteiger partial charge < -0.3 is 23.8 Å². The van der Waals surface area contributed by atoms with Crippen molar-refractivity contribution >= 4 is 45.2 Å². The monoisotopic (exact) mass is 580 g/mol. The lowest BCUT2D eigenvalue weighted by molar-refractivity contribution is -0.137. The van der Waals surface area contributed by atoms with Crippen LogP contribution < -0.4 is 15.4 Å². The van der Waals surface area contributed by atoms with Crippen molar-refractivity contribution in [3.05, 3.63) is 88.3 Å². The van der Waals surface area contributed by atoms with Gasteiger partial charge in [0.1, 0.15) is 16.8 Å². The highest BCUT2D eigenvalue weighted by Crippen LogP contribution is 2.39. The van der Waals surface area contributed by atoms with Crippen LogP contribution in [0.15, 0.2) is 70.3 Å². The van der Waals surface area contributed by atoms with Crippen molar-refractivity contribution in [1.82, 2.24) is 19.4 Å². The van der Waals surface area contributed by atoms with E-state index in [0.29, 0.717) is 55.1 Å². The number of rotatable bonds is 8. The average Bonchev–Trinajstić information content (AvgIpc) is 3.62. The fourth-order valence-corrected chi connectivity index (χ4v) is 6.05. The first-order valence-electron chi connectivity index (χ1n) is 14.5. The summed E-state index contributed by atoms with van der Waals surface area (Å²) >= 11 is 0. The third-order valence-corrected chi connectivity index (χ3v) is 8.41. The van der Waals surface area contributed by atoms with Crippen molar-refractivity contribution in [1.29, 1.82) is 0 Å². The number of nitrogens with zero attached hydrogens (tertiary/aromatic N) is 5. The number of amides is 2. The highest BCUT2D eigenvalue weighted by Gasteiger charge is 2.45. The minimum atomic E-state index is -1.17. The third kappa shape index (κ3) is 5.01. The number of aryl methyl sites for hydroxylation is 1. The zero-order valence-corrected chi connectivity index (χ0v) is 25.2. The van der Waals surface area contributed by atoms with Crippen LogP contribution in [0.4, 0.5) is 11.4 Å². The molecular formula is C33H36N6O4. The van der Waals surface area contributed by atoms with Gasteiger partial charge in [0.05, 0.1) is 34.1 Å². The number of aromatic nitrogens is 3. The Hall–Kier alpha value is -4.70. The largest absolute Gasteiger partial charge is 0.461 e. The van der Waals surface area contributed by atoms with Crippen molar-refractivity contribution in [3.8, 4) is 0 Å². The molecule has 0 bridgehead atoms. The van der Waals surface area contributed by atoms with Gasteiger partial charge >= 0.3 is 0 Å². The number of carbonyl (C=O) groups excluding carboxylic acids is 2. The molecule has 222 valence electrons. The van der Waals surface area contributed by atoms with Crippen LogP contribution in [0.3, 0.4) is 0 Å². The number of furan rings is 1. The Balaban J connectivity index is 1.34. The van der Waals surface area contributed by atoms with Crippen LogP contribution in [0.2, 0.25) is 0 Å². The second-order valence-electron chi connectivity index (χ2n) is 11.7. The van der Waals surface area contributed by atoms with Crippen molar-refractivity contribution in [3.63, 3.8) is 0 Å². The smallest absolute Gasteiger partial charge is 0.261 e. The fraction of sp³-hybridized carbons (Fsp3) is 0.333. The summed E-state index contributed by atoms with van der Waals surface area (Å²) in [5.74, 6) is 0.263. The molecule has 1 aliphatic heterocycles. The summed E-state index contributed by atoms with van der Waals surface area (Å²) in [6.45, 7) is 9.83. The maximum absolute atomic E-state index is 13.4. The molecule has 0 aliphatic carbocycles. The van der Waals surface area contributed by atoms with Crippen LogP contribution in [0.1, 0.15) is 37.7 Å². The van der Waals surface area contributed by atoms with E-state index in [1.165, 1.54) is 0 Å². The van der Waals surface area contributed by atoms with Gasteiger partial charge in [-0.3, -0.25) is 19.3 Å². The lowest BCUT2D eigenvalue weighted by atomic mass is 9.90. The van der Waals surface area contributed by atoms with E-state index in [1.807, 2.05) is 50.2 Å². The van der Waals surface area contributed by atoms with Crippen LogP contribution in [0, 0.1) is 12.3 Å². The molecule has 0 radical (unpaired) electrons. The molecule has 0 atom stereocenters. The first kappa shape index (κ1) is 28.4. The van der Waals surface area contributed by atoms with E-state index < -0.39 is 5.41 Å². The van der Waals surface area contributed by atoms with Gasteiger partial charge in [0.15, 0.2) is 0 Å². The van der Waals surface area contributed by atoms with Crippen LogP contribution in [-0.4, -0.2) is 51.4 Å². The van der Waals surface area contributed by atoms with E-state index in [2.05, 4.69) is 20.9 Å². The van der Waals surface area contributed by atoms with E-state index >= 15 is 0 Å². The Bertz CT molecular complexity index is 1920. The molecule has 5 aromatic rings. The number of anilines is 2. The molecule has 43 heavy (non-hydrogen) atoms. The number of nitrogens with one attached hydrogen (secondary N) is 1. The Labute approximate surface area is 249 Å². The van der Waals surface area contributed by atoms with E-state index in [4.69, 9.17) is 4.42 Å². The number of hydrogen-bond donors (Lipinski definition) is 1. The topological polar surface area (TPSA) is 108 Å². The number of hydrogen-bond acceptors (Lipinski definition) is 6. The molecule has 2 amide bonds. The molecule has 3 aromatic heterocycles. The normalized spacial score (nSPS) is 15.1. The Morgan fingerprint density at radius 2 is 1.81 bits per heavy atom. The lowest BCUT2D eigenvalue weighted by Gasteiger charge is -2.27. The van der Waals surface area contributed by atoms with E-state index in [0.717, 1.165) is 27.8 Å². The predicted molar refractivity (Wildman–Crippen MR) is 167 cm³/mol. The van der Waals surface area contributed by atoms with Crippen LogP contribution in [0.25, 0.3) is 22.0 Å². The van der Waals surface area contributed by atoms with Gasteiger partial charge in [-0.2, -0.15) is 0 Å². The van der Waals surface area contributed by atoms with Gasteiger partial charge in [-0.25, -0.2) is 4.98 Å². The third-order valence-electron chi connectivity index (χ3n) is 8.41. The van der Waals surface area contributed by atoms with E-state index in [1.54, 1.807) is 53.9 Å². The second kappa shape index (κ2) is 10.9. The van der Waals surface area contributed by atoms with Gasteiger partial charge in [-0.05, 0) is 69.2 Å². The van der Waals surface area contributed by atoms with Gasteiger partial charge in [0, 0.05) is 46.0 Å². The van der Waals surface area contributed by atoms with Gasteiger partial charge in [0.2, 0.25) is 11.8 Å². The lowest BCUT2D eigenvalue weighted by Crippen LogP contribution is -2.47. The highest BCUT2D eigenvalue weighted by molar-refractivity contribution is 6.19. The summed E-state index contributed by atoms with van der Waals surface area (Å²) in [4.78, 5) is 53.2. The van der Waals surface area contributed by atoms with Crippen molar-refractivity contribution in [2.75, 3.05) is 29.9 Å². The molecule has 2 aromatic carbocycles. The molecule has 0 spiro atoms. The fourth-order valence-electron chi connectivity index (χ4n) is 6.05. The Morgan fingerprint density at radius 3 is 2.60 bits per heavy atom. The number of benzene rings is 2. The number of pyridine rings is 1. The number of aromatic amines is 1. The summed E-state index contributed by atoms with van der Waals surface area (Å²) in [5, 5.41) is 0.574. The SMILES string of the molecule is CCN1C(=O)C(C)(C)C(=O)N(C)c2cc(CN(CCn3ccc4oc(C)cc4c3=O)Cc3cccc4nc[nH]c34)ccc21. The quantitative estimate of drug-likeness (QED) is 0.263. The number of imidazole rings is 1. The molecule has 6 rings (SSSR count). The number of para-hydroxylation sites is 1. The Morgan fingerprint density at radius 1 is 1.00 bits per heavy atom. The summed E-state index contributed by atoms with van der Waals surface area (Å²) in [7, 11) is 1.73. The molecule has 10 heteroatoms. The summed E-state index contributed by atoms with van der Waals surface area (Å²) in [5.41, 5.74) is 4.73. The first-order valence-corrected chi connectivity index (χ1v) is 14.5. The van der Waals surface area contributed by atoms with Gasteiger partial charge in [-0.15, -0.1) is 0 Å². The summed E-state index contributed by atoms with van der Waals surface area (Å²) in [6, 6.07) is 15.6. The van der Waals surface area contributed by atoms with Gasteiger partial charge in [-0.1, -0.05) is 18.2 Å². The Kier molecular flexibility index (Phi) is 7.17. The van der Waals surface area contributed by atoms with E-state index in [-0.39, 0.29) is 17.4 Å². The molecule has 1 aliphatic rings. The predicted octanol–water partition coefficient (Wildman–Crippen LogP) is 4.84. The van der Waals surface area contributed by atoms with Crippen LogP contribution >= 0.6 is 0 Å². The van der Waals surface area contributed by atoms with Crippen LogP contribution in [-0.2, 0) is 29.2 Å². The second-order valence-corrected chi connectivity index (χ2v) is 11.7. The van der Waals surface area contributed by atoms with E-state index in [9.17, 15) is 14.4 Å². The maximum atomic E-state index is 13.4. The highest BCUT2D eigenvalue weighted by atomic mass is 16.3. The molecule has 4 heterocycles. The minimum Gasteiger partial charge on any atom is -0.461 e. The molecule has 0 saturated heterocycles. The number of fused-ring (bicyclic) bond motifs is 3. The zero-order chi connectivity index (χ0) is 30.5. The molecular weight excluding hydrogens is 544 g/mol. The zero-order valence-electron chi connectivity index (χ0n) is 25.2. The van der Waals surface area contributed by atoms with Crippen molar-refractivity contribution < 1.29 is 14.0 Å². The molecule has 0 saturated carbocycles. The first-order chi connectivity index (χ1) is 20.6. The maximum Gasteiger partial charge on any atom is 0.261 e. The minimum absolute atomic E-state index is 0.0814. The van der Waals surface area contributed by atoms with Crippen molar-refractivity contribution in [2.24, 2.45) is 5.41 Å². The molecule has 10 nitrogen and oxygen atoms in total. The summed E-state index contributed by atoms with van der Waals surface area (Å²) < 4.78 is 7.36. The standard InChI is InChI=1S/C33H36N6O4/c1-6-39-26-11-10-22(17-27(26)36(5)31(41)33(3,4)32(39)42)18-37(19-23-8-7-9-25-29(23)35-20-34-25)14-15-38-13-12-28-24(30(38)40)16-21(2)43-28/h7-13,16-17,20H,6,14-15,18-19H2,1-5H3,(H,34,35).